The minimum Gasteiger partial charge on any atom is -0.367 e. The Bertz CT molecular complexity index is 388. The van der Waals surface area contributed by atoms with Crippen molar-refractivity contribution in [3.63, 3.8) is 0 Å². The lowest BCUT2D eigenvalue weighted by Crippen LogP contribution is -2.40. The minimum absolute atomic E-state index is 0.271. The van der Waals surface area contributed by atoms with E-state index in [0.29, 0.717) is 6.04 Å². The maximum Gasteiger partial charge on any atom is 0.224 e. The zero-order valence-electron chi connectivity index (χ0n) is 9.79. The van der Waals surface area contributed by atoms with Gasteiger partial charge in [-0.3, -0.25) is 0 Å². The Hall–Kier alpha value is -0.390. The Morgan fingerprint density at radius 1 is 1.59 bits per heavy atom. The second-order valence-electron chi connectivity index (χ2n) is 4.35. The van der Waals surface area contributed by atoms with Crippen molar-refractivity contribution in [2.24, 2.45) is 0 Å². The summed E-state index contributed by atoms with van der Waals surface area (Å²) in [6, 6.07) is 0.574. The Kier molecular flexibility index (Phi) is 4.59. The maximum atomic E-state index is 5.77. The third-order valence-electron chi connectivity index (χ3n) is 3.14. The van der Waals surface area contributed by atoms with Crippen LogP contribution in [0.4, 0.5) is 5.82 Å². The highest BCUT2D eigenvalue weighted by Gasteiger charge is 2.18. The smallest absolute Gasteiger partial charge is 0.224 e. The maximum absolute atomic E-state index is 5.77. The molecule has 0 bridgehead atoms. The molecule has 0 saturated carbocycles. The zero-order valence-corrected chi connectivity index (χ0v) is 12.1. The molecule has 94 valence electrons. The Morgan fingerprint density at radius 3 is 3.18 bits per heavy atom. The first-order valence-corrected chi connectivity index (χ1v) is 6.96. The second-order valence-corrected chi connectivity index (χ2v) is 5.54. The molecule has 1 fully saturated rings. The molecule has 1 aromatic rings. The number of anilines is 1. The molecule has 1 aliphatic heterocycles. The molecule has 6 heteroatoms. The van der Waals surface area contributed by atoms with Crippen molar-refractivity contribution in [1.82, 2.24) is 14.9 Å². The van der Waals surface area contributed by atoms with Gasteiger partial charge in [0, 0.05) is 18.8 Å². The molecule has 1 saturated heterocycles. The molecule has 17 heavy (non-hydrogen) atoms. The summed E-state index contributed by atoms with van der Waals surface area (Å²) in [5, 5.41) is 3.60. The van der Waals surface area contributed by atoms with Gasteiger partial charge in [0.05, 0.1) is 4.47 Å². The Morgan fingerprint density at radius 2 is 2.41 bits per heavy atom. The monoisotopic (exact) mass is 318 g/mol. The molecule has 2 rings (SSSR count). The highest BCUT2D eigenvalue weighted by Crippen LogP contribution is 2.21. The summed E-state index contributed by atoms with van der Waals surface area (Å²) < 4.78 is 0.848. The van der Waals surface area contributed by atoms with E-state index in [1.165, 1.54) is 25.8 Å². The van der Waals surface area contributed by atoms with E-state index in [0.717, 1.165) is 16.8 Å². The van der Waals surface area contributed by atoms with E-state index in [-0.39, 0.29) is 5.28 Å². The number of nitrogens with one attached hydrogen (secondary N) is 1. The van der Waals surface area contributed by atoms with Crippen LogP contribution in [0.1, 0.15) is 19.3 Å². The van der Waals surface area contributed by atoms with Crippen LogP contribution < -0.4 is 5.32 Å². The number of rotatable bonds is 3. The lowest BCUT2D eigenvalue weighted by Gasteiger charge is -2.32. The fraction of sp³-hybridized carbons (Fsp3) is 0.636. The molecule has 1 unspecified atom stereocenters. The number of hydrogen-bond donors (Lipinski definition) is 1. The number of halogens is 2. The SMILES string of the molecule is CN1CCCCC1CNc1nc(Cl)ncc1Br. The first kappa shape index (κ1) is 13.1. The normalized spacial score (nSPS) is 21.5. The van der Waals surface area contributed by atoms with Crippen molar-refractivity contribution in [2.75, 3.05) is 25.5 Å². The van der Waals surface area contributed by atoms with E-state index in [1.54, 1.807) is 6.20 Å². The number of likely N-dealkylation sites (N-methyl/N-ethyl adjacent to an activating group) is 1. The molecule has 4 nitrogen and oxygen atoms in total. The predicted molar refractivity (Wildman–Crippen MR) is 73.5 cm³/mol. The van der Waals surface area contributed by atoms with Gasteiger partial charge in [-0.2, -0.15) is 4.98 Å². The third kappa shape index (κ3) is 3.53. The van der Waals surface area contributed by atoms with E-state index in [9.17, 15) is 0 Å². The first-order chi connectivity index (χ1) is 8.16. The van der Waals surface area contributed by atoms with Crippen molar-refractivity contribution < 1.29 is 0 Å². The Balaban J connectivity index is 1.94. The lowest BCUT2D eigenvalue weighted by molar-refractivity contribution is 0.194. The molecular weight excluding hydrogens is 304 g/mol. The summed E-state index contributed by atoms with van der Waals surface area (Å²) in [7, 11) is 2.17. The molecule has 1 atom stereocenters. The Labute approximate surface area is 115 Å². The van der Waals surface area contributed by atoms with Crippen LogP contribution in [0.5, 0.6) is 0 Å². The first-order valence-electron chi connectivity index (χ1n) is 5.79. The number of nitrogens with zero attached hydrogens (tertiary/aromatic N) is 3. The zero-order chi connectivity index (χ0) is 12.3. The van der Waals surface area contributed by atoms with E-state index in [4.69, 9.17) is 11.6 Å². The van der Waals surface area contributed by atoms with Gasteiger partial charge in [-0.15, -0.1) is 0 Å². The summed E-state index contributed by atoms with van der Waals surface area (Å²) in [6.45, 7) is 2.07. The molecule has 1 aromatic heterocycles. The van der Waals surface area contributed by atoms with Crippen molar-refractivity contribution in [1.29, 1.82) is 0 Å². The van der Waals surface area contributed by atoms with Gasteiger partial charge in [0.2, 0.25) is 5.28 Å². The molecule has 0 aliphatic carbocycles. The highest BCUT2D eigenvalue weighted by atomic mass is 79.9. The van der Waals surface area contributed by atoms with Gasteiger partial charge in [0.25, 0.3) is 0 Å². The fourth-order valence-electron chi connectivity index (χ4n) is 2.09. The topological polar surface area (TPSA) is 41.0 Å². The van der Waals surface area contributed by atoms with Crippen LogP contribution in [0.2, 0.25) is 5.28 Å². The van der Waals surface area contributed by atoms with E-state index < -0.39 is 0 Å². The quantitative estimate of drug-likeness (QED) is 0.870. The molecule has 1 N–H and O–H groups in total. The lowest BCUT2D eigenvalue weighted by atomic mass is 10.0. The van der Waals surface area contributed by atoms with Crippen molar-refractivity contribution in [3.8, 4) is 0 Å². The summed E-state index contributed by atoms with van der Waals surface area (Å²) >= 11 is 9.18. The molecule has 1 aliphatic rings. The van der Waals surface area contributed by atoms with Gasteiger partial charge in [-0.05, 0) is 54.0 Å². The summed E-state index contributed by atoms with van der Waals surface area (Å²) in [4.78, 5) is 10.5. The van der Waals surface area contributed by atoms with Crippen LogP contribution in [-0.4, -0.2) is 41.0 Å². The van der Waals surface area contributed by atoms with Crippen molar-refractivity contribution in [3.05, 3.63) is 16.0 Å². The third-order valence-corrected chi connectivity index (χ3v) is 3.90. The number of likely N-dealkylation sites (tertiary alicyclic amines) is 1. The van der Waals surface area contributed by atoms with Crippen LogP contribution >= 0.6 is 27.5 Å². The summed E-state index contributed by atoms with van der Waals surface area (Å²) in [6.07, 6.45) is 5.51. The molecule has 0 amide bonds. The van der Waals surface area contributed by atoms with E-state index in [1.807, 2.05) is 0 Å². The second kappa shape index (κ2) is 5.98. The molecule has 0 aromatic carbocycles. The van der Waals surface area contributed by atoms with Gasteiger partial charge in [0.1, 0.15) is 5.82 Å². The largest absolute Gasteiger partial charge is 0.367 e. The fourth-order valence-corrected chi connectivity index (χ4v) is 2.55. The van der Waals surface area contributed by atoms with E-state index >= 15 is 0 Å². The summed E-state index contributed by atoms with van der Waals surface area (Å²) in [5.74, 6) is 0.768. The van der Waals surface area contributed by atoms with Gasteiger partial charge in [-0.25, -0.2) is 4.98 Å². The average molecular weight is 320 g/mol. The summed E-state index contributed by atoms with van der Waals surface area (Å²) in [5.41, 5.74) is 0. The molecular formula is C11H16BrClN4. The molecule has 0 spiro atoms. The van der Waals surface area contributed by atoms with Crippen LogP contribution in [0.3, 0.4) is 0 Å². The highest BCUT2D eigenvalue weighted by molar-refractivity contribution is 9.10. The van der Waals surface area contributed by atoms with Crippen LogP contribution in [-0.2, 0) is 0 Å². The van der Waals surface area contributed by atoms with Crippen LogP contribution in [0.15, 0.2) is 10.7 Å². The molecule has 0 radical (unpaired) electrons. The average Bonchev–Trinajstić information content (AvgIpc) is 2.32. The van der Waals surface area contributed by atoms with Crippen LogP contribution in [0.25, 0.3) is 0 Å². The van der Waals surface area contributed by atoms with Gasteiger partial charge >= 0.3 is 0 Å². The van der Waals surface area contributed by atoms with Crippen molar-refractivity contribution in [2.45, 2.75) is 25.3 Å². The van der Waals surface area contributed by atoms with Gasteiger partial charge < -0.3 is 10.2 Å². The van der Waals surface area contributed by atoms with Gasteiger partial charge in [0.15, 0.2) is 0 Å². The van der Waals surface area contributed by atoms with Crippen molar-refractivity contribution >= 4 is 33.3 Å². The van der Waals surface area contributed by atoms with Gasteiger partial charge in [-0.1, -0.05) is 6.42 Å². The predicted octanol–water partition coefficient (Wildman–Crippen LogP) is 2.79. The number of aromatic nitrogens is 2. The number of hydrogen-bond acceptors (Lipinski definition) is 4. The van der Waals surface area contributed by atoms with Crippen LogP contribution in [0, 0.1) is 0 Å². The minimum atomic E-state index is 0.271. The molecule has 2 heterocycles. The standard InChI is InChI=1S/C11H16BrClN4/c1-17-5-3-2-4-8(17)6-14-10-9(12)7-15-11(13)16-10/h7-8H,2-6H2,1H3,(H,14,15,16). The van der Waals surface area contributed by atoms with E-state index in [2.05, 4.69) is 43.2 Å². The number of piperidine rings is 1.